The summed E-state index contributed by atoms with van der Waals surface area (Å²) in [5.41, 5.74) is 0.511. The van der Waals surface area contributed by atoms with Crippen molar-refractivity contribution in [3.8, 4) is 11.8 Å². The molecule has 0 spiro atoms. The van der Waals surface area contributed by atoms with Crippen LogP contribution in [-0.4, -0.2) is 9.55 Å². The van der Waals surface area contributed by atoms with Gasteiger partial charge in [-0.1, -0.05) is 0 Å². The Hall–Kier alpha value is -2.42. The van der Waals surface area contributed by atoms with E-state index in [-0.39, 0.29) is 12.4 Å². The summed E-state index contributed by atoms with van der Waals surface area (Å²) in [5, 5.41) is 8.62. The molecule has 1 aromatic carbocycles. The van der Waals surface area contributed by atoms with Crippen LogP contribution in [0.2, 0.25) is 0 Å². The minimum atomic E-state index is -2.63. The molecule has 0 atom stereocenters. The lowest BCUT2D eigenvalue weighted by atomic mass is 10.2. The number of aromatic nitrogens is 2. The van der Waals surface area contributed by atoms with Crippen LogP contribution in [0, 0.1) is 11.3 Å². The van der Waals surface area contributed by atoms with Crippen molar-refractivity contribution in [3.05, 3.63) is 48.0 Å². The Morgan fingerprint density at radius 1 is 1.33 bits per heavy atom. The molecule has 0 unspecified atom stereocenters. The molecule has 4 nitrogen and oxygen atoms in total. The summed E-state index contributed by atoms with van der Waals surface area (Å²) < 4.78 is 31.1. The number of hydrogen-bond donors (Lipinski definition) is 0. The average molecular weight is 249 g/mol. The summed E-state index contributed by atoms with van der Waals surface area (Å²) in [4.78, 5) is 3.79. The normalized spacial score (nSPS) is 10.3. The predicted octanol–water partition coefficient (Wildman–Crippen LogP) is 2.73. The highest BCUT2D eigenvalue weighted by molar-refractivity contribution is 5.34. The fourth-order valence-corrected chi connectivity index (χ4v) is 1.41. The quantitative estimate of drug-likeness (QED) is 0.837. The Kier molecular flexibility index (Phi) is 3.53. The first-order valence-corrected chi connectivity index (χ1v) is 5.13. The van der Waals surface area contributed by atoms with Crippen molar-refractivity contribution >= 4 is 0 Å². The van der Waals surface area contributed by atoms with Gasteiger partial charge in [-0.2, -0.15) is 14.0 Å². The number of nitrogens with zero attached hydrogens (tertiary/aromatic N) is 3. The number of halogens is 2. The topological polar surface area (TPSA) is 50.8 Å². The highest BCUT2D eigenvalue weighted by Gasteiger charge is 2.11. The lowest BCUT2D eigenvalue weighted by Gasteiger charge is -2.08. The van der Waals surface area contributed by atoms with Gasteiger partial charge in [-0.25, -0.2) is 4.98 Å². The van der Waals surface area contributed by atoms with E-state index < -0.39 is 6.55 Å². The Morgan fingerprint density at radius 3 is 2.67 bits per heavy atom. The zero-order chi connectivity index (χ0) is 13.0. The molecule has 0 saturated heterocycles. The molecular formula is C12H9F2N3O. The molecule has 6 heteroatoms. The second-order valence-corrected chi connectivity index (χ2v) is 3.45. The van der Waals surface area contributed by atoms with Gasteiger partial charge < -0.3 is 4.74 Å². The first-order chi connectivity index (χ1) is 8.70. The Labute approximate surface area is 102 Å². The number of nitriles is 1. The maximum absolute atomic E-state index is 12.5. The minimum absolute atomic E-state index is 0.0523. The van der Waals surface area contributed by atoms with Crippen molar-refractivity contribution < 1.29 is 13.5 Å². The Bertz CT molecular complexity index is 557. The van der Waals surface area contributed by atoms with E-state index in [0.717, 1.165) is 4.57 Å². The van der Waals surface area contributed by atoms with E-state index in [1.165, 1.54) is 12.4 Å². The third kappa shape index (κ3) is 2.63. The smallest absolute Gasteiger partial charge is 0.320 e. The highest BCUT2D eigenvalue weighted by Crippen LogP contribution is 2.16. The van der Waals surface area contributed by atoms with Gasteiger partial charge in [0.1, 0.15) is 12.4 Å². The van der Waals surface area contributed by atoms with E-state index in [1.54, 1.807) is 24.3 Å². The van der Waals surface area contributed by atoms with Crippen molar-refractivity contribution in [2.24, 2.45) is 0 Å². The van der Waals surface area contributed by atoms with Crippen LogP contribution in [0.1, 0.15) is 17.9 Å². The van der Waals surface area contributed by atoms with E-state index in [9.17, 15) is 8.78 Å². The van der Waals surface area contributed by atoms with Crippen LogP contribution in [0.5, 0.6) is 5.75 Å². The first kappa shape index (κ1) is 12.0. The summed E-state index contributed by atoms with van der Waals surface area (Å²) in [5.74, 6) is 0.646. The maximum Gasteiger partial charge on any atom is 0.320 e. The van der Waals surface area contributed by atoms with Gasteiger partial charge >= 0.3 is 6.55 Å². The molecule has 92 valence electrons. The molecule has 0 aliphatic heterocycles. The van der Waals surface area contributed by atoms with Crippen molar-refractivity contribution in [2.75, 3.05) is 0 Å². The molecule has 0 amide bonds. The van der Waals surface area contributed by atoms with Gasteiger partial charge in [0.25, 0.3) is 0 Å². The van der Waals surface area contributed by atoms with Gasteiger partial charge in [-0.15, -0.1) is 0 Å². The SMILES string of the molecule is N#Cc1ccc(OCc2nccn2C(F)F)cc1. The van der Waals surface area contributed by atoms with Gasteiger partial charge in [-0.05, 0) is 24.3 Å². The molecule has 0 aliphatic rings. The third-order valence-electron chi connectivity index (χ3n) is 2.31. The lowest BCUT2D eigenvalue weighted by molar-refractivity contribution is 0.0632. The van der Waals surface area contributed by atoms with Crippen LogP contribution < -0.4 is 4.74 Å². The maximum atomic E-state index is 12.5. The third-order valence-corrected chi connectivity index (χ3v) is 2.31. The highest BCUT2D eigenvalue weighted by atomic mass is 19.3. The number of benzene rings is 1. The summed E-state index contributed by atoms with van der Waals surface area (Å²) in [7, 11) is 0. The number of rotatable bonds is 4. The van der Waals surface area contributed by atoms with Gasteiger partial charge in [0.05, 0.1) is 11.6 Å². The largest absolute Gasteiger partial charge is 0.486 e. The molecule has 0 radical (unpaired) electrons. The molecule has 1 aromatic heterocycles. The molecule has 0 N–H and O–H groups in total. The van der Waals surface area contributed by atoms with Crippen LogP contribution in [0.4, 0.5) is 8.78 Å². The fourth-order valence-electron chi connectivity index (χ4n) is 1.41. The van der Waals surface area contributed by atoms with Crippen LogP contribution >= 0.6 is 0 Å². The van der Waals surface area contributed by atoms with E-state index in [1.807, 2.05) is 6.07 Å². The van der Waals surface area contributed by atoms with Crippen LogP contribution in [0.25, 0.3) is 0 Å². The standard InChI is InChI=1S/C12H9F2N3O/c13-12(14)17-6-5-16-11(17)8-18-10-3-1-9(7-15)2-4-10/h1-6,12H,8H2. The molecule has 2 rings (SSSR count). The molecule has 0 fully saturated rings. The number of hydrogen-bond acceptors (Lipinski definition) is 3. The first-order valence-electron chi connectivity index (χ1n) is 5.13. The molecule has 2 aromatic rings. The number of alkyl halides is 2. The molecule has 18 heavy (non-hydrogen) atoms. The van der Waals surface area contributed by atoms with Gasteiger partial charge in [-0.3, -0.25) is 4.57 Å². The molecule has 0 bridgehead atoms. The average Bonchev–Trinajstić information content (AvgIpc) is 2.85. The predicted molar refractivity (Wildman–Crippen MR) is 59.0 cm³/mol. The van der Waals surface area contributed by atoms with E-state index >= 15 is 0 Å². The number of imidazole rings is 1. The second-order valence-electron chi connectivity index (χ2n) is 3.45. The van der Waals surface area contributed by atoms with E-state index in [2.05, 4.69) is 4.98 Å². The van der Waals surface area contributed by atoms with Crippen LogP contribution in [0.3, 0.4) is 0 Å². The van der Waals surface area contributed by atoms with Gasteiger partial charge in [0.2, 0.25) is 0 Å². The summed E-state index contributed by atoms with van der Waals surface area (Å²) in [6, 6.07) is 8.37. The molecule has 0 aliphatic carbocycles. The minimum Gasteiger partial charge on any atom is -0.486 e. The Balaban J connectivity index is 2.02. The second kappa shape index (κ2) is 5.27. The van der Waals surface area contributed by atoms with Crippen molar-refractivity contribution in [1.82, 2.24) is 9.55 Å². The Morgan fingerprint density at radius 2 is 2.06 bits per heavy atom. The van der Waals surface area contributed by atoms with E-state index in [4.69, 9.17) is 10.00 Å². The van der Waals surface area contributed by atoms with Crippen LogP contribution in [-0.2, 0) is 6.61 Å². The van der Waals surface area contributed by atoms with Gasteiger partial charge in [0, 0.05) is 12.4 Å². The monoisotopic (exact) mass is 249 g/mol. The zero-order valence-corrected chi connectivity index (χ0v) is 9.25. The summed E-state index contributed by atoms with van der Waals surface area (Å²) in [6.45, 7) is -2.68. The molecule has 0 saturated carbocycles. The lowest BCUT2D eigenvalue weighted by Crippen LogP contribution is -2.07. The molecular weight excluding hydrogens is 240 g/mol. The van der Waals surface area contributed by atoms with Crippen LogP contribution in [0.15, 0.2) is 36.7 Å². The van der Waals surface area contributed by atoms with Gasteiger partial charge in [0.15, 0.2) is 5.82 Å². The summed E-state index contributed by atoms with van der Waals surface area (Å²) >= 11 is 0. The zero-order valence-electron chi connectivity index (χ0n) is 9.25. The van der Waals surface area contributed by atoms with E-state index in [0.29, 0.717) is 11.3 Å². The fraction of sp³-hybridized carbons (Fsp3) is 0.167. The summed E-state index contributed by atoms with van der Waals surface area (Å²) in [6.07, 6.45) is 2.49. The molecule has 1 heterocycles. The number of ether oxygens (including phenoxy) is 1. The van der Waals surface area contributed by atoms with Crippen molar-refractivity contribution in [2.45, 2.75) is 13.2 Å². The van der Waals surface area contributed by atoms with Crippen molar-refractivity contribution in [1.29, 1.82) is 5.26 Å². The van der Waals surface area contributed by atoms with Crippen molar-refractivity contribution in [3.63, 3.8) is 0 Å².